The number of anilines is 1. The number of pyridine rings is 1. The molecule has 4 heteroatoms. The lowest BCUT2D eigenvalue weighted by Gasteiger charge is -2.14. The molecule has 0 spiro atoms. The van der Waals surface area contributed by atoms with E-state index >= 15 is 0 Å². The first kappa shape index (κ1) is 11.8. The number of methoxy groups -OCH3 is 1. The van der Waals surface area contributed by atoms with Crippen LogP contribution in [0.2, 0.25) is 0 Å². The van der Waals surface area contributed by atoms with Gasteiger partial charge in [0, 0.05) is 12.1 Å². The highest BCUT2D eigenvalue weighted by Gasteiger charge is 2.02. The summed E-state index contributed by atoms with van der Waals surface area (Å²) in [4.78, 5) is 4.27. The molecular weight excluding hydrogens is 190 g/mol. The highest BCUT2D eigenvalue weighted by atomic mass is 16.5. The Labute approximate surface area is 90.8 Å². The molecule has 0 aliphatic carbocycles. The molecule has 1 aromatic rings. The monoisotopic (exact) mass is 209 g/mol. The summed E-state index contributed by atoms with van der Waals surface area (Å²) in [5.74, 6) is 1.48. The number of hydrogen-bond donors (Lipinski definition) is 2. The van der Waals surface area contributed by atoms with E-state index in [4.69, 9.17) is 10.5 Å². The fraction of sp³-hybridized carbons (Fsp3) is 0.545. The molecule has 4 nitrogen and oxygen atoms in total. The minimum atomic E-state index is 0.383. The summed E-state index contributed by atoms with van der Waals surface area (Å²) in [6, 6.07) is 6.06. The number of aromatic nitrogens is 1. The third-order valence-electron chi connectivity index (χ3n) is 2.17. The van der Waals surface area contributed by atoms with Crippen molar-refractivity contribution in [2.24, 2.45) is 5.73 Å². The SMILES string of the molecule is COc1cccc(NC(C)CCCN)n1. The van der Waals surface area contributed by atoms with Crippen molar-refractivity contribution in [3.8, 4) is 5.88 Å². The predicted molar refractivity (Wildman–Crippen MR) is 62.2 cm³/mol. The van der Waals surface area contributed by atoms with E-state index in [-0.39, 0.29) is 0 Å². The molecule has 0 saturated carbocycles. The highest BCUT2D eigenvalue weighted by molar-refractivity contribution is 5.37. The summed E-state index contributed by atoms with van der Waals surface area (Å²) in [7, 11) is 1.62. The van der Waals surface area contributed by atoms with Crippen molar-refractivity contribution >= 4 is 5.82 Å². The van der Waals surface area contributed by atoms with E-state index in [0.29, 0.717) is 11.9 Å². The van der Waals surface area contributed by atoms with Gasteiger partial charge in [-0.1, -0.05) is 6.07 Å². The lowest BCUT2D eigenvalue weighted by Crippen LogP contribution is -2.17. The third-order valence-corrected chi connectivity index (χ3v) is 2.17. The van der Waals surface area contributed by atoms with Gasteiger partial charge >= 0.3 is 0 Å². The van der Waals surface area contributed by atoms with Crippen LogP contribution in [0.1, 0.15) is 19.8 Å². The number of hydrogen-bond acceptors (Lipinski definition) is 4. The number of nitrogens with one attached hydrogen (secondary N) is 1. The van der Waals surface area contributed by atoms with Crippen LogP contribution in [0.25, 0.3) is 0 Å². The van der Waals surface area contributed by atoms with Crippen molar-refractivity contribution in [1.82, 2.24) is 4.98 Å². The average molecular weight is 209 g/mol. The summed E-state index contributed by atoms with van der Waals surface area (Å²) in [5, 5.41) is 3.30. The average Bonchev–Trinajstić information content (AvgIpc) is 2.26. The number of ether oxygens (including phenoxy) is 1. The van der Waals surface area contributed by atoms with Gasteiger partial charge in [0.05, 0.1) is 7.11 Å². The molecule has 0 bridgehead atoms. The Morgan fingerprint density at radius 2 is 2.33 bits per heavy atom. The second-order valence-corrected chi connectivity index (χ2v) is 3.54. The van der Waals surface area contributed by atoms with Crippen LogP contribution in [-0.2, 0) is 0 Å². The van der Waals surface area contributed by atoms with Gasteiger partial charge in [-0.2, -0.15) is 4.98 Å². The molecule has 1 unspecified atom stereocenters. The van der Waals surface area contributed by atoms with Crippen LogP contribution >= 0.6 is 0 Å². The van der Waals surface area contributed by atoms with Gasteiger partial charge in [-0.15, -0.1) is 0 Å². The Morgan fingerprint density at radius 1 is 1.53 bits per heavy atom. The van der Waals surface area contributed by atoms with E-state index in [1.165, 1.54) is 0 Å². The normalized spacial score (nSPS) is 12.2. The van der Waals surface area contributed by atoms with E-state index in [2.05, 4.69) is 17.2 Å². The standard InChI is InChI=1S/C11H19N3O/c1-9(5-4-8-12)13-10-6-3-7-11(14-10)15-2/h3,6-7,9H,4-5,8,12H2,1-2H3,(H,13,14). The molecule has 15 heavy (non-hydrogen) atoms. The summed E-state index contributed by atoms with van der Waals surface area (Å²) < 4.78 is 5.05. The van der Waals surface area contributed by atoms with Crippen LogP contribution < -0.4 is 15.8 Å². The van der Waals surface area contributed by atoms with Crippen molar-refractivity contribution < 1.29 is 4.74 Å². The lowest BCUT2D eigenvalue weighted by atomic mass is 10.2. The second kappa shape index (κ2) is 6.24. The number of nitrogens with zero attached hydrogens (tertiary/aromatic N) is 1. The second-order valence-electron chi connectivity index (χ2n) is 3.54. The lowest BCUT2D eigenvalue weighted by molar-refractivity contribution is 0.398. The van der Waals surface area contributed by atoms with Crippen molar-refractivity contribution in [3.05, 3.63) is 18.2 Å². The molecule has 0 amide bonds. The van der Waals surface area contributed by atoms with Gasteiger partial charge < -0.3 is 15.8 Å². The summed E-state index contributed by atoms with van der Waals surface area (Å²) in [5.41, 5.74) is 5.45. The smallest absolute Gasteiger partial charge is 0.214 e. The first-order valence-corrected chi connectivity index (χ1v) is 5.24. The molecule has 1 heterocycles. The van der Waals surface area contributed by atoms with Gasteiger partial charge in [-0.05, 0) is 32.4 Å². The minimum absolute atomic E-state index is 0.383. The molecule has 1 atom stereocenters. The van der Waals surface area contributed by atoms with Crippen LogP contribution in [-0.4, -0.2) is 24.7 Å². The van der Waals surface area contributed by atoms with Gasteiger partial charge in [0.25, 0.3) is 0 Å². The van der Waals surface area contributed by atoms with Crippen LogP contribution in [0, 0.1) is 0 Å². The van der Waals surface area contributed by atoms with E-state index in [1.54, 1.807) is 7.11 Å². The van der Waals surface area contributed by atoms with E-state index < -0.39 is 0 Å². The molecular formula is C11H19N3O. The molecule has 0 aromatic carbocycles. The topological polar surface area (TPSA) is 60.2 Å². The zero-order valence-corrected chi connectivity index (χ0v) is 9.36. The van der Waals surface area contributed by atoms with E-state index in [0.717, 1.165) is 25.2 Å². The highest BCUT2D eigenvalue weighted by Crippen LogP contribution is 2.12. The van der Waals surface area contributed by atoms with Gasteiger partial charge in [-0.25, -0.2) is 0 Å². The molecule has 0 fully saturated rings. The zero-order chi connectivity index (χ0) is 11.1. The van der Waals surface area contributed by atoms with Crippen LogP contribution in [0.3, 0.4) is 0 Å². The third kappa shape index (κ3) is 4.16. The Morgan fingerprint density at radius 3 is 3.00 bits per heavy atom. The van der Waals surface area contributed by atoms with E-state index in [9.17, 15) is 0 Å². The Kier molecular flexibility index (Phi) is 4.90. The Bertz CT molecular complexity index is 291. The Balaban J connectivity index is 2.48. The first-order valence-electron chi connectivity index (χ1n) is 5.24. The molecule has 1 aromatic heterocycles. The molecule has 3 N–H and O–H groups in total. The van der Waals surface area contributed by atoms with Crippen LogP contribution in [0.4, 0.5) is 5.82 Å². The van der Waals surface area contributed by atoms with Crippen molar-refractivity contribution in [3.63, 3.8) is 0 Å². The summed E-state index contributed by atoms with van der Waals surface area (Å²) >= 11 is 0. The zero-order valence-electron chi connectivity index (χ0n) is 9.36. The maximum Gasteiger partial charge on any atom is 0.214 e. The van der Waals surface area contributed by atoms with Gasteiger partial charge in [0.1, 0.15) is 5.82 Å². The molecule has 0 saturated heterocycles. The minimum Gasteiger partial charge on any atom is -0.481 e. The Hall–Kier alpha value is -1.29. The van der Waals surface area contributed by atoms with Crippen molar-refractivity contribution in [2.45, 2.75) is 25.8 Å². The maximum absolute atomic E-state index is 5.45. The number of nitrogens with two attached hydrogens (primary N) is 1. The summed E-state index contributed by atoms with van der Waals surface area (Å²) in [6.45, 7) is 2.86. The van der Waals surface area contributed by atoms with Crippen LogP contribution in [0.15, 0.2) is 18.2 Å². The van der Waals surface area contributed by atoms with E-state index in [1.807, 2.05) is 18.2 Å². The largest absolute Gasteiger partial charge is 0.481 e. The molecule has 0 aliphatic rings. The fourth-order valence-electron chi connectivity index (χ4n) is 1.36. The van der Waals surface area contributed by atoms with Crippen molar-refractivity contribution in [2.75, 3.05) is 19.0 Å². The molecule has 1 rings (SSSR count). The van der Waals surface area contributed by atoms with Gasteiger partial charge in [-0.3, -0.25) is 0 Å². The van der Waals surface area contributed by atoms with Crippen LogP contribution in [0.5, 0.6) is 5.88 Å². The van der Waals surface area contributed by atoms with Gasteiger partial charge in [0.2, 0.25) is 5.88 Å². The molecule has 84 valence electrons. The van der Waals surface area contributed by atoms with Crippen molar-refractivity contribution in [1.29, 1.82) is 0 Å². The fourth-order valence-corrected chi connectivity index (χ4v) is 1.36. The predicted octanol–water partition coefficient (Wildman–Crippen LogP) is 1.63. The number of rotatable bonds is 6. The summed E-state index contributed by atoms with van der Waals surface area (Å²) in [6.07, 6.45) is 2.08. The maximum atomic E-state index is 5.45. The van der Waals surface area contributed by atoms with Gasteiger partial charge in [0.15, 0.2) is 0 Å². The molecule has 0 aliphatic heterocycles. The first-order chi connectivity index (χ1) is 7.26. The quantitative estimate of drug-likeness (QED) is 0.747. The molecule has 0 radical (unpaired) electrons.